The molecule has 4 rings (SSSR count). The molecule has 1 amide bonds. The molecule has 0 spiro atoms. The zero-order valence-corrected chi connectivity index (χ0v) is 18.5. The van der Waals surface area contributed by atoms with Crippen molar-refractivity contribution in [2.75, 3.05) is 18.0 Å². The number of hydrogen-bond acceptors (Lipinski definition) is 4. The fourth-order valence-electron chi connectivity index (χ4n) is 4.09. The smallest absolute Gasteiger partial charge is 0.223 e. The van der Waals surface area contributed by atoms with Crippen LogP contribution < -0.4 is 10.2 Å². The second-order valence-electron chi connectivity index (χ2n) is 8.55. The lowest BCUT2D eigenvalue weighted by Crippen LogP contribution is -2.41. The Balaban J connectivity index is 1.32. The first-order valence-electron chi connectivity index (χ1n) is 11.0. The van der Waals surface area contributed by atoms with E-state index in [9.17, 15) is 4.79 Å². The minimum absolute atomic E-state index is 0.0196. The van der Waals surface area contributed by atoms with Gasteiger partial charge < -0.3 is 10.2 Å². The number of aromatic nitrogens is 2. The molecule has 2 heterocycles. The van der Waals surface area contributed by atoms with Gasteiger partial charge in [0.25, 0.3) is 0 Å². The van der Waals surface area contributed by atoms with E-state index in [1.54, 1.807) is 0 Å². The van der Waals surface area contributed by atoms with Crippen molar-refractivity contribution in [1.82, 2.24) is 15.5 Å². The zero-order valence-electron chi connectivity index (χ0n) is 18.5. The van der Waals surface area contributed by atoms with E-state index >= 15 is 0 Å². The summed E-state index contributed by atoms with van der Waals surface area (Å²) in [6, 6.07) is 20.7. The summed E-state index contributed by atoms with van der Waals surface area (Å²) in [7, 11) is 0. The molecule has 0 unspecified atom stereocenters. The molecular weight excluding hydrogens is 384 g/mol. The highest BCUT2D eigenvalue weighted by molar-refractivity contribution is 5.79. The first kappa shape index (κ1) is 21.0. The highest BCUT2D eigenvalue weighted by atomic mass is 16.1. The molecule has 0 aliphatic carbocycles. The predicted octanol–water partition coefficient (Wildman–Crippen LogP) is 4.85. The Morgan fingerprint density at radius 2 is 1.71 bits per heavy atom. The lowest BCUT2D eigenvalue weighted by atomic mass is 9.95. The lowest BCUT2D eigenvalue weighted by Gasteiger charge is -2.32. The summed E-state index contributed by atoms with van der Waals surface area (Å²) in [5, 5.41) is 12.1. The minimum atomic E-state index is 0.0196. The Hall–Kier alpha value is -3.21. The van der Waals surface area contributed by atoms with Gasteiger partial charge in [-0.1, -0.05) is 53.6 Å². The fraction of sp³-hybridized carbons (Fsp3) is 0.346. The third kappa shape index (κ3) is 5.10. The number of piperidine rings is 1. The number of anilines is 1. The number of amides is 1. The van der Waals surface area contributed by atoms with Crippen molar-refractivity contribution in [2.24, 2.45) is 5.92 Å². The van der Waals surface area contributed by atoms with Crippen LogP contribution in [-0.2, 0) is 4.79 Å². The number of benzene rings is 2. The van der Waals surface area contributed by atoms with Crippen LogP contribution >= 0.6 is 0 Å². The molecule has 160 valence electrons. The van der Waals surface area contributed by atoms with Gasteiger partial charge in [0.05, 0.1) is 11.7 Å². The molecule has 1 aliphatic heterocycles. The van der Waals surface area contributed by atoms with Gasteiger partial charge >= 0.3 is 0 Å². The van der Waals surface area contributed by atoms with Crippen LogP contribution in [0.5, 0.6) is 0 Å². The van der Waals surface area contributed by atoms with Gasteiger partial charge in [-0.3, -0.25) is 4.79 Å². The maximum atomic E-state index is 12.8. The fourth-order valence-corrected chi connectivity index (χ4v) is 4.09. The van der Waals surface area contributed by atoms with Crippen LogP contribution in [0, 0.1) is 19.8 Å². The van der Waals surface area contributed by atoms with Crippen LogP contribution in [0.1, 0.15) is 42.5 Å². The van der Waals surface area contributed by atoms with Crippen LogP contribution in [0.2, 0.25) is 0 Å². The largest absolute Gasteiger partial charge is 0.355 e. The standard InChI is InChI=1S/C26H30N4O/c1-18-7-9-21(10-8-18)20(3)27-26(31)22-13-15-30(16-14-22)25-12-11-24(28-29-25)23-6-4-5-19(2)17-23/h4-12,17,20,22H,13-16H2,1-3H3,(H,27,31)/t20-/m1/s1. The van der Waals surface area contributed by atoms with Gasteiger partial charge in [-0.2, -0.15) is 0 Å². The molecule has 2 aromatic carbocycles. The number of carbonyl (C=O) groups is 1. The first-order valence-corrected chi connectivity index (χ1v) is 11.0. The van der Waals surface area contributed by atoms with Crippen LogP contribution in [0.25, 0.3) is 11.3 Å². The average Bonchev–Trinajstić information content (AvgIpc) is 2.80. The van der Waals surface area contributed by atoms with Gasteiger partial charge in [0.1, 0.15) is 0 Å². The van der Waals surface area contributed by atoms with Crippen LogP contribution in [0.3, 0.4) is 0 Å². The quantitative estimate of drug-likeness (QED) is 0.648. The molecule has 1 fully saturated rings. The van der Waals surface area contributed by atoms with E-state index in [0.717, 1.165) is 48.6 Å². The van der Waals surface area contributed by atoms with E-state index in [1.165, 1.54) is 11.1 Å². The van der Waals surface area contributed by atoms with E-state index in [2.05, 4.69) is 76.7 Å². The van der Waals surface area contributed by atoms with Crippen molar-refractivity contribution in [2.45, 2.75) is 39.7 Å². The molecule has 5 heteroatoms. The Bertz CT molecular complexity index is 1020. The predicted molar refractivity (Wildman–Crippen MR) is 125 cm³/mol. The molecule has 1 N–H and O–H groups in total. The van der Waals surface area contributed by atoms with Crippen molar-refractivity contribution in [3.05, 3.63) is 77.4 Å². The molecule has 3 aromatic rings. The normalized spacial score (nSPS) is 15.5. The monoisotopic (exact) mass is 414 g/mol. The van der Waals surface area contributed by atoms with E-state index in [1.807, 2.05) is 25.1 Å². The maximum Gasteiger partial charge on any atom is 0.223 e. The molecule has 0 bridgehead atoms. The first-order chi connectivity index (χ1) is 15.0. The lowest BCUT2D eigenvalue weighted by molar-refractivity contribution is -0.126. The van der Waals surface area contributed by atoms with Crippen LogP contribution in [0.15, 0.2) is 60.7 Å². The van der Waals surface area contributed by atoms with E-state index in [4.69, 9.17) is 0 Å². The minimum Gasteiger partial charge on any atom is -0.355 e. The number of nitrogens with one attached hydrogen (secondary N) is 1. The molecule has 1 saturated heterocycles. The van der Waals surface area contributed by atoms with Gasteiger partial charge in [0.2, 0.25) is 5.91 Å². The van der Waals surface area contributed by atoms with Gasteiger partial charge in [-0.15, -0.1) is 10.2 Å². The van der Waals surface area contributed by atoms with E-state index in [-0.39, 0.29) is 17.9 Å². The summed E-state index contributed by atoms with van der Waals surface area (Å²) in [6.45, 7) is 7.82. The Labute approximate surface area is 184 Å². The topological polar surface area (TPSA) is 58.1 Å². The van der Waals surface area contributed by atoms with Gasteiger partial charge in [-0.05, 0) is 57.4 Å². The van der Waals surface area contributed by atoms with Crippen molar-refractivity contribution >= 4 is 11.7 Å². The van der Waals surface area contributed by atoms with E-state index in [0.29, 0.717) is 0 Å². The molecule has 31 heavy (non-hydrogen) atoms. The molecule has 1 atom stereocenters. The molecular formula is C26H30N4O. The van der Waals surface area contributed by atoms with Gasteiger partial charge in [-0.25, -0.2) is 0 Å². The summed E-state index contributed by atoms with van der Waals surface area (Å²) in [4.78, 5) is 15.0. The Kier molecular flexibility index (Phi) is 6.31. The van der Waals surface area contributed by atoms with Gasteiger partial charge in [0.15, 0.2) is 5.82 Å². The number of aryl methyl sites for hydroxylation is 2. The summed E-state index contributed by atoms with van der Waals surface area (Å²) < 4.78 is 0. The summed E-state index contributed by atoms with van der Waals surface area (Å²) in [5.74, 6) is 1.07. The zero-order chi connectivity index (χ0) is 21.8. The number of nitrogens with zero attached hydrogens (tertiary/aromatic N) is 3. The third-order valence-corrected chi connectivity index (χ3v) is 6.09. The second kappa shape index (κ2) is 9.29. The SMILES string of the molecule is Cc1ccc([C@@H](C)NC(=O)C2CCN(c3ccc(-c4cccc(C)c4)nn3)CC2)cc1. The summed E-state index contributed by atoms with van der Waals surface area (Å²) in [5.41, 5.74) is 5.54. The molecule has 1 aromatic heterocycles. The molecule has 0 saturated carbocycles. The van der Waals surface area contributed by atoms with Crippen molar-refractivity contribution < 1.29 is 4.79 Å². The average molecular weight is 415 g/mol. The number of hydrogen-bond donors (Lipinski definition) is 1. The number of carbonyl (C=O) groups excluding carboxylic acids is 1. The van der Waals surface area contributed by atoms with Crippen molar-refractivity contribution in [3.8, 4) is 11.3 Å². The molecule has 5 nitrogen and oxygen atoms in total. The van der Waals surface area contributed by atoms with Crippen molar-refractivity contribution in [1.29, 1.82) is 0 Å². The molecule has 1 aliphatic rings. The second-order valence-corrected chi connectivity index (χ2v) is 8.55. The third-order valence-electron chi connectivity index (χ3n) is 6.09. The van der Waals surface area contributed by atoms with Gasteiger partial charge in [0, 0.05) is 24.6 Å². The number of rotatable bonds is 5. The van der Waals surface area contributed by atoms with Crippen molar-refractivity contribution in [3.63, 3.8) is 0 Å². The van der Waals surface area contributed by atoms with E-state index < -0.39 is 0 Å². The highest BCUT2D eigenvalue weighted by Crippen LogP contribution is 2.25. The highest BCUT2D eigenvalue weighted by Gasteiger charge is 2.26. The Morgan fingerprint density at radius 3 is 2.35 bits per heavy atom. The van der Waals surface area contributed by atoms with Crippen LogP contribution in [-0.4, -0.2) is 29.2 Å². The summed E-state index contributed by atoms with van der Waals surface area (Å²) >= 11 is 0. The molecule has 0 radical (unpaired) electrons. The Morgan fingerprint density at radius 1 is 0.968 bits per heavy atom. The maximum absolute atomic E-state index is 12.8. The summed E-state index contributed by atoms with van der Waals surface area (Å²) in [6.07, 6.45) is 1.65. The van der Waals surface area contributed by atoms with Crippen LogP contribution in [0.4, 0.5) is 5.82 Å².